The lowest BCUT2D eigenvalue weighted by Gasteiger charge is -2.20. The summed E-state index contributed by atoms with van der Waals surface area (Å²) < 4.78 is 34.8. The molecule has 3 fully saturated rings. The molecular weight excluding hydrogens is 420 g/mol. The first kappa shape index (κ1) is 23.1. The average Bonchev–Trinajstić information content (AvgIpc) is 3.30. The summed E-state index contributed by atoms with van der Waals surface area (Å²) in [7, 11) is 0. The van der Waals surface area contributed by atoms with Crippen molar-refractivity contribution in [1.29, 1.82) is 0 Å². The fourth-order valence-electron chi connectivity index (χ4n) is 3.91. The van der Waals surface area contributed by atoms with Crippen molar-refractivity contribution in [2.75, 3.05) is 39.5 Å². The van der Waals surface area contributed by atoms with E-state index in [1.807, 2.05) is 30.3 Å². The maximum atomic E-state index is 12.3. The van der Waals surface area contributed by atoms with Gasteiger partial charge in [0.15, 0.2) is 12.1 Å². The maximum Gasteiger partial charge on any atom is 0.246 e. The SMILES string of the molecule is CC1(C)O[C@H]2COCC(=O)NC[C@@H]3OC(c4ccccc4)O[C@H]3CNC(=O)COC[C@@H]2O1. The minimum Gasteiger partial charge on any atom is -0.369 e. The van der Waals surface area contributed by atoms with Gasteiger partial charge in [-0.2, -0.15) is 0 Å². The molecule has 4 rings (SSSR count). The first-order valence-corrected chi connectivity index (χ1v) is 10.8. The van der Waals surface area contributed by atoms with E-state index in [1.54, 1.807) is 13.8 Å². The number of fused-ring (bicyclic) bond motifs is 2. The van der Waals surface area contributed by atoms with E-state index in [0.717, 1.165) is 5.56 Å². The molecule has 0 bridgehead atoms. The van der Waals surface area contributed by atoms with Gasteiger partial charge < -0.3 is 39.1 Å². The number of carbonyl (C=O) groups excluding carboxylic acids is 2. The fraction of sp³-hybridized carbons (Fsp3) is 0.636. The summed E-state index contributed by atoms with van der Waals surface area (Å²) in [6.07, 6.45) is -2.26. The summed E-state index contributed by atoms with van der Waals surface area (Å²) in [5, 5.41) is 5.63. The number of rotatable bonds is 1. The second-order valence-electron chi connectivity index (χ2n) is 8.44. The van der Waals surface area contributed by atoms with Crippen LogP contribution in [0.15, 0.2) is 30.3 Å². The summed E-state index contributed by atoms with van der Waals surface area (Å²) >= 11 is 0. The van der Waals surface area contributed by atoms with Crippen molar-refractivity contribution in [2.45, 2.75) is 50.3 Å². The standard InChI is InChI=1S/C22H30N2O8/c1-22(2)31-17-10-27-12-19(25)23-8-15-16(9-24-20(26)13-28-11-18(17)32-22)30-21(29-15)14-6-4-3-5-7-14/h3-7,15-18,21H,8-13H2,1-2H3,(H,23,25)(H,24,26)/t15-,16-,17-,18-/m0/s1. The first-order chi connectivity index (χ1) is 15.4. The largest absolute Gasteiger partial charge is 0.369 e. The molecule has 4 atom stereocenters. The number of amides is 2. The van der Waals surface area contributed by atoms with Crippen molar-refractivity contribution < 1.29 is 38.0 Å². The lowest BCUT2D eigenvalue weighted by Crippen LogP contribution is -2.45. The van der Waals surface area contributed by atoms with E-state index >= 15 is 0 Å². The van der Waals surface area contributed by atoms with Gasteiger partial charge in [0.05, 0.1) is 13.2 Å². The van der Waals surface area contributed by atoms with Crippen LogP contribution in [-0.2, 0) is 38.0 Å². The molecule has 0 spiro atoms. The Bertz CT molecular complexity index is 745. The number of nitrogens with one attached hydrogen (secondary N) is 2. The Labute approximate surface area is 186 Å². The average molecular weight is 450 g/mol. The van der Waals surface area contributed by atoms with Crippen LogP contribution in [-0.4, -0.2) is 81.5 Å². The molecule has 32 heavy (non-hydrogen) atoms. The summed E-state index contributed by atoms with van der Waals surface area (Å²) in [5.74, 6) is -1.35. The molecule has 0 aromatic heterocycles. The number of ether oxygens (including phenoxy) is 6. The molecule has 0 saturated carbocycles. The topological polar surface area (TPSA) is 114 Å². The summed E-state index contributed by atoms with van der Waals surface area (Å²) in [5.41, 5.74) is 0.865. The number of carbonyl (C=O) groups is 2. The Morgan fingerprint density at radius 3 is 1.78 bits per heavy atom. The van der Waals surface area contributed by atoms with Gasteiger partial charge in [-0.05, 0) is 13.8 Å². The fourth-order valence-corrected chi connectivity index (χ4v) is 3.91. The highest BCUT2D eigenvalue weighted by atomic mass is 16.8. The molecule has 176 valence electrons. The summed E-state index contributed by atoms with van der Waals surface area (Å²) in [6.45, 7) is 4.13. The highest BCUT2D eigenvalue weighted by molar-refractivity contribution is 5.77. The molecule has 10 heteroatoms. The highest BCUT2D eigenvalue weighted by Crippen LogP contribution is 2.31. The van der Waals surface area contributed by atoms with Crippen molar-refractivity contribution in [3.05, 3.63) is 35.9 Å². The maximum absolute atomic E-state index is 12.3. The van der Waals surface area contributed by atoms with Gasteiger partial charge in [-0.1, -0.05) is 30.3 Å². The van der Waals surface area contributed by atoms with Gasteiger partial charge in [-0.15, -0.1) is 0 Å². The van der Waals surface area contributed by atoms with Gasteiger partial charge in [0.25, 0.3) is 0 Å². The van der Waals surface area contributed by atoms with Gasteiger partial charge in [-0.25, -0.2) is 0 Å². The van der Waals surface area contributed by atoms with Crippen LogP contribution in [0.25, 0.3) is 0 Å². The van der Waals surface area contributed by atoms with Crippen LogP contribution in [0.2, 0.25) is 0 Å². The van der Waals surface area contributed by atoms with Gasteiger partial charge in [0.1, 0.15) is 37.6 Å². The van der Waals surface area contributed by atoms with Gasteiger partial charge in [0, 0.05) is 18.7 Å². The molecule has 2 N–H and O–H groups in total. The van der Waals surface area contributed by atoms with E-state index in [1.165, 1.54) is 0 Å². The Morgan fingerprint density at radius 1 is 0.781 bits per heavy atom. The third kappa shape index (κ3) is 6.03. The quantitative estimate of drug-likeness (QED) is 0.627. The van der Waals surface area contributed by atoms with Crippen molar-refractivity contribution in [2.24, 2.45) is 0 Å². The van der Waals surface area contributed by atoms with Gasteiger partial charge in [-0.3, -0.25) is 9.59 Å². The van der Waals surface area contributed by atoms with E-state index < -0.39 is 36.5 Å². The Hall–Kier alpha value is -2.08. The van der Waals surface area contributed by atoms with Crippen molar-refractivity contribution >= 4 is 11.8 Å². The lowest BCUT2D eigenvalue weighted by atomic mass is 10.2. The first-order valence-electron chi connectivity index (χ1n) is 10.8. The molecule has 0 unspecified atom stereocenters. The summed E-state index contributed by atoms with van der Waals surface area (Å²) in [6, 6.07) is 9.51. The molecule has 3 aliphatic rings. The van der Waals surface area contributed by atoms with Crippen LogP contribution in [0, 0.1) is 0 Å². The minimum absolute atomic E-state index is 0.120. The van der Waals surface area contributed by atoms with Gasteiger partial charge >= 0.3 is 0 Å². The predicted molar refractivity (Wildman–Crippen MR) is 110 cm³/mol. The number of hydrogen-bond acceptors (Lipinski definition) is 8. The monoisotopic (exact) mass is 450 g/mol. The summed E-state index contributed by atoms with van der Waals surface area (Å²) in [4.78, 5) is 24.6. The van der Waals surface area contributed by atoms with Crippen LogP contribution < -0.4 is 10.6 Å². The molecule has 1 aromatic rings. The molecular formula is C22H30N2O8. The molecule has 1 aromatic carbocycles. The van der Waals surface area contributed by atoms with Crippen LogP contribution in [0.5, 0.6) is 0 Å². The minimum atomic E-state index is -0.795. The van der Waals surface area contributed by atoms with Crippen molar-refractivity contribution in [3.8, 4) is 0 Å². The van der Waals surface area contributed by atoms with Crippen LogP contribution in [0.4, 0.5) is 0 Å². The normalized spacial score (nSPS) is 32.6. The lowest BCUT2D eigenvalue weighted by molar-refractivity contribution is -0.155. The molecule has 3 heterocycles. The smallest absolute Gasteiger partial charge is 0.246 e. The zero-order valence-corrected chi connectivity index (χ0v) is 18.3. The molecule has 0 aliphatic carbocycles. The zero-order chi connectivity index (χ0) is 22.6. The zero-order valence-electron chi connectivity index (χ0n) is 18.3. The van der Waals surface area contributed by atoms with E-state index in [4.69, 9.17) is 28.4 Å². The Morgan fingerprint density at radius 2 is 1.28 bits per heavy atom. The highest BCUT2D eigenvalue weighted by Gasteiger charge is 2.42. The van der Waals surface area contributed by atoms with Crippen molar-refractivity contribution in [3.63, 3.8) is 0 Å². The van der Waals surface area contributed by atoms with Crippen LogP contribution in [0.1, 0.15) is 25.7 Å². The predicted octanol–water partition coefficient (Wildman–Crippen LogP) is 0.269. The van der Waals surface area contributed by atoms with Crippen LogP contribution in [0.3, 0.4) is 0 Å². The van der Waals surface area contributed by atoms with E-state index in [9.17, 15) is 9.59 Å². The second-order valence-corrected chi connectivity index (χ2v) is 8.44. The van der Waals surface area contributed by atoms with E-state index in [2.05, 4.69) is 10.6 Å². The molecule has 0 radical (unpaired) electrons. The number of hydrogen-bond donors (Lipinski definition) is 2. The molecule has 3 saturated heterocycles. The second kappa shape index (κ2) is 10.2. The molecule has 2 amide bonds. The third-order valence-corrected chi connectivity index (χ3v) is 5.40. The third-order valence-electron chi connectivity index (χ3n) is 5.40. The number of benzene rings is 1. The Kier molecular flexibility index (Phi) is 7.39. The van der Waals surface area contributed by atoms with Crippen molar-refractivity contribution in [1.82, 2.24) is 10.6 Å². The molecule has 3 aliphatic heterocycles. The van der Waals surface area contributed by atoms with Crippen LogP contribution >= 0.6 is 0 Å². The molecule has 10 nitrogen and oxygen atoms in total. The van der Waals surface area contributed by atoms with E-state index in [0.29, 0.717) is 0 Å². The Balaban J connectivity index is 1.39. The van der Waals surface area contributed by atoms with E-state index in [-0.39, 0.29) is 51.3 Å². The van der Waals surface area contributed by atoms with Gasteiger partial charge in [0.2, 0.25) is 11.8 Å².